The highest BCUT2D eigenvalue weighted by molar-refractivity contribution is 6.01. The summed E-state index contributed by atoms with van der Waals surface area (Å²) in [5, 5.41) is 4.55. The smallest absolute Gasteiger partial charge is 0.258 e. The number of rotatable bonds is 6. The maximum atomic E-state index is 5.90. The van der Waals surface area contributed by atoms with E-state index in [1.165, 1.54) is 10.8 Å². The van der Waals surface area contributed by atoms with Gasteiger partial charge in [-0.3, -0.25) is 0 Å². The van der Waals surface area contributed by atoms with Gasteiger partial charge in [-0.05, 0) is 64.4 Å². The number of hydrogen-bond acceptors (Lipinski definition) is 6. The summed E-state index contributed by atoms with van der Waals surface area (Å²) in [6, 6.07) is 28.6. The lowest BCUT2D eigenvalue weighted by molar-refractivity contribution is 0.159. The van der Waals surface area contributed by atoms with Crippen LogP contribution >= 0.6 is 0 Å². The molecule has 0 spiro atoms. The molecule has 0 fully saturated rings. The number of nitrogens with zero attached hydrogens (tertiary/aromatic N) is 2. The molecular weight excluding hydrogens is 524 g/mol. The van der Waals surface area contributed by atoms with Crippen LogP contribution in [0.3, 0.4) is 0 Å². The molecule has 6 nitrogen and oxygen atoms in total. The van der Waals surface area contributed by atoms with Crippen LogP contribution in [-0.2, 0) is 18.9 Å². The van der Waals surface area contributed by atoms with Gasteiger partial charge in [-0.2, -0.15) is 0 Å². The summed E-state index contributed by atoms with van der Waals surface area (Å²) < 4.78 is 23.1. The van der Waals surface area contributed by atoms with Crippen molar-refractivity contribution in [2.45, 2.75) is 52.7 Å². The highest BCUT2D eigenvalue weighted by Crippen LogP contribution is 2.32. The van der Waals surface area contributed by atoms with E-state index >= 15 is 0 Å². The third kappa shape index (κ3) is 6.65. The van der Waals surface area contributed by atoms with Gasteiger partial charge in [-0.25, -0.2) is 9.98 Å². The normalized spacial score (nSPS) is 18.6. The van der Waals surface area contributed by atoms with E-state index in [4.69, 9.17) is 18.9 Å². The van der Waals surface area contributed by atoms with Gasteiger partial charge in [0.1, 0.15) is 11.2 Å². The molecule has 4 aromatic rings. The maximum absolute atomic E-state index is 5.90. The predicted molar refractivity (Wildman–Crippen MR) is 172 cm³/mol. The lowest BCUT2D eigenvalue weighted by Crippen LogP contribution is -2.18. The first-order chi connectivity index (χ1) is 20.2. The van der Waals surface area contributed by atoms with Gasteiger partial charge in [0.25, 0.3) is 11.8 Å². The topological polar surface area (TPSA) is 61.6 Å². The van der Waals surface area contributed by atoms with Gasteiger partial charge in [0, 0.05) is 22.9 Å². The first kappa shape index (κ1) is 28.9. The van der Waals surface area contributed by atoms with Crippen molar-refractivity contribution in [3.63, 3.8) is 0 Å². The van der Waals surface area contributed by atoms with Crippen molar-refractivity contribution in [2.24, 2.45) is 9.98 Å². The number of ether oxygens (including phenoxy) is 4. The van der Waals surface area contributed by atoms with Crippen LogP contribution in [0.25, 0.3) is 21.5 Å². The fraction of sp³-hybridized carbons (Fsp3) is 0.278. The lowest BCUT2D eigenvalue weighted by Gasteiger charge is -2.15. The van der Waals surface area contributed by atoms with Crippen LogP contribution in [0.2, 0.25) is 0 Å². The first-order valence-corrected chi connectivity index (χ1v) is 14.4. The molecule has 6 rings (SSSR count). The molecule has 0 N–H and O–H groups in total. The Labute approximate surface area is 248 Å². The molecule has 216 valence electrons. The molecule has 0 bridgehead atoms. The second-order valence-corrected chi connectivity index (χ2v) is 11.1. The van der Waals surface area contributed by atoms with Gasteiger partial charge in [0.2, 0.25) is 0 Å². The van der Waals surface area contributed by atoms with E-state index < -0.39 is 0 Å². The van der Waals surface area contributed by atoms with E-state index in [2.05, 4.69) is 46.4 Å². The van der Waals surface area contributed by atoms with Crippen molar-refractivity contribution in [3.8, 4) is 0 Å². The summed E-state index contributed by atoms with van der Waals surface area (Å²) in [5.41, 5.74) is 1.03. The van der Waals surface area contributed by atoms with Crippen molar-refractivity contribution in [1.82, 2.24) is 0 Å². The Kier molecular flexibility index (Phi) is 8.34. The summed E-state index contributed by atoms with van der Waals surface area (Å²) in [7, 11) is 0. The third-order valence-electron chi connectivity index (χ3n) is 6.68. The number of hydrogen-bond donors (Lipinski definition) is 0. The van der Waals surface area contributed by atoms with Crippen LogP contribution in [0.4, 0.5) is 11.4 Å². The highest BCUT2D eigenvalue weighted by Gasteiger charge is 2.32. The molecule has 0 atom stereocenters. The van der Waals surface area contributed by atoms with Gasteiger partial charge < -0.3 is 18.9 Å². The summed E-state index contributed by atoms with van der Waals surface area (Å²) in [5.74, 6) is 2.54. The maximum Gasteiger partial charge on any atom is 0.258 e. The minimum atomic E-state index is -0.381. The molecule has 0 aliphatic carbocycles. The standard InChI is InChI=1S/2C18H19NO2/c2*1-4-20-16-12-18(2,3)21-17(16)19-15-11-7-9-13-8-5-6-10-14(13)15/h2*5-12H,4H2,1-3H3. The minimum absolute atomic E-state index is 0.381. The fourth-order valence-electron chi connectivity index (χ4n) is 4.92. The molecule has 4 aromatic carbocycles. The van der Waals surface area contributed by atoms with E-state index in [1.54, 1.807) is 0 Å². The lowest BCUT2D eigenvalue weighted by atomic mass is 10.1. The van der Waals surface area contributed by atoms with Crippen LogP contribution in [0, 0.1) is 0 Å². The Balaban J connectivity index is 0.000000168. The third-order valence-corrected chi connectivity index (χ3v) is 6.68. The number of aliphatic imine (C=N–C) groups is 2. The number of benzene rings is 4. The van der Waals surface area contributed by atoms with Gasteiger partial charge in [0.05, 0.1) is 24.6 Å². The molecule has 2 aliphatic rings. The van der Waals surface area contributed by atoms with Crippen LogP contribution < -0.4 is 0 Å². The minimum Gasteiger partial charge on any atom is -0.488 e. The predicted octanol–water partition coefficient (Wildman–Crippen LogP) is 9.20. The Morgan fingerprint density at radius 2 is 0.929 bits per heavy atom. The van der Waals surface area contributed by atoms with Crippen LogP contribution in [0.5, 0.6) is 0 Å². The molecular formula is C36H38N2O4. The second-order valence-electron chi connectivity index (χ2n) is 11.1. The quantitative estimate of drug-likeness (QED) is 0.235. The van der Waals surface area contributed by atoms with E-state index in [-0.39, 0.29) is 11.2 Å². The van der Waals surface area contributed by atoms with Crippen LogP contribution in [-0.4, -0.2) is 36.2 Å². The zero-order valence-corrected chi connectivity index (χ0v) is 25.2. The second kappa shape index (κ2) is 12.1. The van der Waals surface area contributed by atoms with Crippen molar-refractivity contribution < 1.29 is 18.9 Å². The van der Waals surface area contributed by atoms with Crippen molar-refractivity contribution in [1.29, 1.82) is 0 Å². The van der Waals surface area contributed by atoms with Gasteiger partial charge in [-0.1, -0.05) is 72.8 Å². The zero-order chi connectivity index (χ0) is 29.7. The molecule has 0 radical (unpaired) electrons. The Morgan fingerprint density at radius 3 is 1.33 bits per heavy atom. The average Bonchev–Trinajstić information content (AvgIpc) is 3.42. The molecule has 2 heterocycles. The average molecular weight is 563 g/mol. The van der Waals surface area contributed by atoms with Crippen LogP contribution in [0.15, 0.2) is 119 Å². The molecule has 2 aliphatic heterocycles. The van der Waals surface area contributed by atoms with Crippen molar-refractivity contribution in [2.75, 3.05) is 13.2 Å². The van der Waals surface area contributed by atoms with Gasteiger partial charge in [0.15, 0.2) is 11.5 Å². The molecule has 0 unspecified atom stereocenters. The molecule has 42 heavy (non-hydrogen) atoms. The molecule has 0 amide bonds. The van der Waals surface area contributed by atoms with E-state index in [1.807, 2.05) is 102 Å². The molecule has 0 saturated heterocycles. The van der Waals surface area contributed by atoms with E-state index in [0.29, 0.717) is 25.0 Å². The monoisotopic (exact) mass is 562 g/mol. The largest absolute Gasteiger partial charge is 0.488 e. The fourth-order valence-corrected chi connectivity index (χ4v) is 4.92. The summed E-state index contributed by atoms with van der Waals surface area (Å²) >= 11 is 0. The highest BCUT2D eigenvalue weighted by atomic mass is 16.6. The summed E-state index contributed by atoms with van der Waals surface area (Å²) in [6.45, 7) is 13.1. The van der Waals surface area contributed by atoms with E-state index in [0.717, 1.165) is 33.7 Å². The molecule has 0 aromatic heterocycles. The van der Waals surface area contributed by atoms with Gasteiger partial charge in [-0.15, -0.1) is 0 Å². The van der Waals surface area contributed by atoms with E-state index in [9.17, 15) is 0 Å². The van der Waals surface area contributed by atoms with Crippen LogP contribution in [0.1, 0.15) is 41.5 Å². The summed E-state index contributed by atoms with van der Waals surface area (Å²) in [6.07, 6.45) is 3.95. The molecule has 6 heteroatoms. The summed E-state index contributed by atoms with van der Waals surface area (Å²) in [4.78, 5) is 9.37. The Morgan fingerprint density at radius 1 is 0.548 bits per heavy atom. The first-order valence-electron chi connectivity index (χ1n) is 14.4. The van der Waals surface area contributed by atoms with Gasteiger partial charge >= 0.3 is 0 Å². The van der Waals surface area contributed by atoms with Crippen molar-refractivity contribution >= 4 is 44.7 Å². The van der Waals surface area contributed by atoms with Crippen molar-refractivity contribution in [3.05, 3.63) is 109 Å². The zero-order valence-electron chi connectivity index (χ0n) is 25.2. The Hall–Kier alpha value is -4.58. The SMILES string of the molecule is CCOC1=CC(C)(C)OC1=Nc1cccc2ccccc12.CCOC1=CC(C)(C)OC1=Nc1cccc2ccccc12. The molecule has 0 saturated carbocycles. The number of fused-ring (bicyclic) bond motifs is 2. The Bertz CT molecular complexity index is 1570.